The van der Waals surface area contributed by atoms with Crippen molar-refractivity contribution in [2.45, 2.75) is 19.8 Å². The molecule has 0 unspecified atom stereocenters. The lowest BCUT2D eigenvalue weighted by molar-refractivity contribution is -0.119. The van der Waals surface area contributed by atoms with Crippen molar-refractivity contribution in [3.8, 4) is 0 Å². The number of nitrogens with one attached hydrogen (secondary N) is 1. The highest BCUT2D eigenvalue weighted by molar-refractivity contribution is 6.26. The van der Waals surface area contributed by atoms with E-state index in [1.807, 2.05) is 55.5 Å². The Labute approximate surface area is 163 Å². The summed E-state index contributed by atoms with van der Waals surface area (Å²) in [5, 5.41) is 6.09. The minimum Gasteiger partial charge on any atom is -0.298 e. The highest BCUT2D eigenvalue weighted by Crippen LogP contribution is 2.36. The van der Waals surface area contributed by atoms with Gasteiger partial charge in [-0.25, -0.2) is 5.43 Å². The molecule has 2 amide bonds. The van der Waals surface area contributed by atoms with Gasteiger partial charge in [-0.3, -0.25) is 14.5 Å². The van der Waals surface area contributed by atoms with Crippen LogP contribution in [0.15, 0.2) is 71.8 Å². The van der Waals surface area contributed by atoms with Gasteiger partial charge in [0.05, 0.1) is 5.69 Å². The molecule has 0 spiro atoms. The van der Waals surface area contributed by atoms with Crippen LogP contribution in [0.2, 0.25) is 0 Å². The molecule has 5 heteroatoms. The maximum absolute atomic E-state index is 12.7. The lowest BCUT2D eigenvalue weighted by Gasteiger charge is -2.16. The summed E-state index contributed by atoms with van der Waals surface area (Å²) in [6, 6.07) is 21.5. The lowest BCUT2D eigenvalue weighted by Crippen LogP contribution is -2.37. The van der Waals surface area contributed by atoms with Gasteiger partial charge in [-0.15, -0.1) is 0 Å². The molecule has 1 aliphatic rings. The van der Waals surface area contributed by atoms with Gasteiger partial charge in [0.15, 0.2) is 0 Å². The van der Waals surface area contributed by atoms with Crippen LogP contribution in [0.4, 0.5) is 5.69 Å². The molecule has 140 valence electrons. The third kappa shape index (κ3) is 3.51. The molecule has 1 heterocycles. The van der Waals surface area contributed by atoms with E-state index < -0.39 is 0 Å². The van der Waals surface area contributed by atoms with Crippen LogP contribution in [-0.2, 0) is 11.2 Å². The third-order valence-corrected chi connectivity index (χ3v) is 4.94. The van der Waals surface area contributed by atoms with Gasteiger partial charge in [0.25, 0.3) is 11.8 Å². The molecular weight excluding hydrogens is 350 g/mol. The second-order valence-corrected chi connectivity index (χ2v) is 6.94. The highest BCUT2D eigenvalue weighted by atomic mass is 16.2. The zero-order valence-electron chi connectivity index (χ0n) is 15.7. The molecule has 28 heavy (non-hydrogen) atoms. The van der Waals surface area contributed by atoms with E-state index in [1.54, 1.807) is 6.07 Å². The molecule has 1 aliphatic heterocycles. The summed E-state index contributed by atoms with van der Waals surface area (Å²) in [5.74, 6) is -0.455. The van der Waals surface area contributed by atoms with E-state index in [2.05, 4.69) is 22.7 Å². The van der Waals surface area contributed by atoms with Gasteiger partial charge in [0.2, 0.25) is 0 Å². The topological polar surface area (TPSA) is 61.8 Å². The standard InChI is InChI=1S/C23H21N3O2/c1-16(13-14-17-7-3-2-4-8-17)24-25-21(27)15-26-20-12-6-10-18-9-5-11-19(22(18)20)23(26)28/h2-12H,13-15H2,1H3,(H,25,27)/b24-16+. The first-order valence-corrected chi connectivity index (χ1v) is 9.33. The van der Waals surface area contributed by atoms with E-state index >= 15 is 0 Å². The first kappa shape index (κ1) is 17.9. The number of hydrogen-bond acceptors (Lipinski definition) is 3. The number of anilines is 1. The first-order chi connectivity index (χ1) is 13.6. The van der Waals surface area contributed by atoms with Gasteiger partial charge in [0, 0.05) is 16.7 Å². The summed E-state index contributed by atoms with van der Waals surface area (Å²) < 4.78 is 0. The first-order valence-electron chi connectivity index (χ1n) is 9.33. The highest BCUT2D eigenvalue weighted by Gasteiger charge is 2.30. The van der Waals surface area contributed by atoms with Gasteiger partial charge in [0.1, 0.15) is 6.54 Å². The normalized spacial score (nSPS) is 13.2. The van der Waals surface area contributed by atoms with Gasteiger partial charge >= 0.3 is 0 Å². The van der Waals surface area contributed by atoms with E-state index in [0.29, 0.717) is 5.56 Å². The van der Waals surface area contributed by atoms with Crippen molar-refractivity contribution in [1.82, 2.24) is 5.43 Å². The molecule has 0 aliphatic carbocycles. The van der Waals surface area contributed by atoms with E-state index in [9.17, 15) is 9.59 Å². The minimum atomic E-state index is -0.308. The van der Waals surface area contributed by atoms with E-state index in [-0.39, 0.29) is 18.4 Å². The van der Waals surface area contributed by atoms with Crippen molar-refractivity contribution in [2.75, 3.05) is 11.4 Å². The Bertz CT molecular complexity index is 1070. The molecule has 0 saturated heterocycles. The summed E-state index contributed by atoms with van der Waals surface area (Å²) in [6.45, 7) is 1.84. The molecule has 3 aromatic carbocycles. The van der Waals surface area contributed by atoms with Crippen molar-refractivity contribution in [3.63, 3.8) is 0 Å². The molecular formula is C23H21N3O2. The molecule has 4 rings (SSSR count). The average molecular weight is 371 g/mol. The van der Waals surface area contributed by atoms with Crippen molar-refractivity contribution in [2.24, 2.45) is 5.10 Å². The fourth-order valence-electron chi connectivity index (χ4n) is 3.50. The van der Waals surface area contributed by atoms with Crippen LogP contribution >= 0.6 is 0 Å². The molecule has 0 atom stereocenters. The van der Waals surface area contributed by atoms with E-state index in [4.69, 9.17) is 0 Å². The van der Waals surface area contributed by atoms with Crippen molar-refractivity contribution in [3.05, 3.63) is 77.9 Å². The number of amides is 2. The number of rotatable bonds is 6. The molecule has 0 aromatic heterocycles. The van der Waals surface area contributed by atoms with Crippen LogP contribution in [0.5, 0.6) is 0 Å². The van der Waals surface area contributed by atoms with E-state index in [0.717, 1.165) is 35.0 Å². The van der Waals surface area contributed by atoms with Crippen LogP contribution < -0.4 is 10.3 Å². The van der Waals surface area contributed by atoms with Crippen molar-refractivity contribution in [1.29, 1.82) is 0 Å². The number of hydrogen-bond donors (Lipinski definition) is 1. The maximum Gasteiger partial charge on any atom is 0.260 e. The summed E-state index contributed by atoms with van der Waals surface area (Å²) in [6.07, 6.45) is 1.63. The number of aryl methyl sites for hydroxylation is 1. The Morgan fingerprint density at radius 1 is 1.00 bits per heavy atom. The number of nitrogens with zero attached hydrogens (tertiary/aromatic N) is 2. The van der Waals surface area contributed by atoms with Gasteiger partial charge in [-0.2, -0.15) is 5.10 Å². The van der Waals surface area contributed by atoms with Gasteiger partial charge in [-0.05, 0) is 42.8 Å². The summed E-state index contributed by atoms with van der Waals surface area (Å²) >= 11 is 0. The molecule has 1 N–H and O–H groups in total. The molecule has 3 aromatic rings. The summed E-state index contributed by atoms with van der Waals surface area (Å²) in [5.41, 5.74) is 6.07. The minimum absolute atomic E-state index is 0.0535. The lowest BCUT2D eigenvalue weighted by atomic mass is 10.1. The van der Waals surface area contributed by atoms with Gasteiger partial charge < -0.3 is 0 Å². The predicted octanol–water partition coefficient (Wildman–Crippen LogP) is 3.92. The summed E-state index contributed by atoms with van der Waals surface area (Å²) in [4.78, 5) is 26.6. The SMILES string of the molecule is C/C(CCc1ccccc1)=N\NC(=O)CN1C(=O)c2cccc3cccc1c23. The average Bonchev–Trinajstić information content (AvgIpc) is 2.99. The molecule has 0 fully saturated rings. The zero-order chi connectivity index (χ0) is 19.5. The number of carbonyl (C=O) groups is 2. The second-order valence-electron chi connectivity index (χ2n) is 6.94. The quantitative estimate of drug-likeness (QED) is 0.527. The Hall–Kier alpha value is -3.47. The number of hydrazone groups is 1. The summed E-state index contributed by atoms with van der Waals surface area (Å²) in [7, 11) is 0. The van der Waals surface area contributed by atoms with Crippen molar-refractivity contribution < 1.29 is 9.59 Å². The van der Waals surface area contributed by atoms with Crippen molar-refractivity contribution >= 4 is 34.0 Å². The fourth-order valence-corrected chi connectivity index (χ4v) is 3.50. The fraction of sp³-hybridized carbons (Fsp3) is 0.174. The molecule has 0 bridgehead atoms. The molecule has 0 radical (unpaired) electrons. The van der Waals surface area contributed by atoms with Crippen LogP contribution in [0.25, 0.3) is 10.8 Å². The number of benzene rings is 3. The van der Waals surface area contributed by atoms with E-state index in [1.165, 1.54) is 10.5 Å². The second kappa shape index (κ2) is 7.64. The third-order valence-electron chi connectivity index (χ3n) is 4.94. The predicted molar refractivity (Wildman–Crippen MR) is 112 cm³/mol. The monoisotopic (exact) mass is 371 g/mol. The smallest absolute Gasteiger partial charge is 0.260 e. The van der Waals surface area contributed by atoms with Crippen LogP contribution in [0, 0.1) is 0 Å². The van der Waals surface area contributed by atoms with Crippen LogP contribution in [0.3, 0.4) is 0 Å². The Morgan fingerprint density at radius 2 is 1.75 bits per heavy atom. The van der Waals surface area contributed by atoms with Crippen LogP contribution in [0.1, 0.15) is 29.3 Å². The number of carbonyl (C=O) groups excluding carboxylic acids is 2. The van der Waals surface area contributed by atoms with Gasteiger partial charge in [-0.1, -0.05) is 54.6 Å². The zero-order valence-corrected chi connectivity index (χ0v) is 15.7. The molecule has 0 saturated carbocycles. The van der Waals surface area contributed by atoms with Crippen LogP contribution in [-0.4, -0.2) is 24.1 Å². The Kier molecular flexibility index (Phi) is 4.89. The largest absolute Gasteiger partial charge is 0.298 e. The Balaban J connectivity index is 1.39. The maximum atomic E-state index is 12.7. The Morgan fingerprint density at radius 3 is 2.54 bits per heavy atom. The molecule has 5 nitrogen and oxygen atoms in total.